The SMILES string of the molecule is C1CO1.CCCCCCCCCCN. The van der Waals surface area contributed by atoms with Crippen LogP contribution in [0.2, 0.25) is 0 Å². The molecule has 1 aliphatic heterocycles. The maximum absolute atomic E-state index is 5.39. The minimum Gasteiger partial charge on any atom is -0.377 e. The zero-order valence-electron chi connectivity index (χ0n) is 9.76. The summed E-state index contributed by atoms with van der Waals surface area (Å²) in [5, 5.41) is 0. The second-order valence-electron chi connectivity index (χ2n) is 3.88. The van der Waals surface area contributed by atoms with Crippen LogP contribution in [0.4, 0.5) is 0 Å². The quantitative estimate of drug-likeness (QED) is 0.484. The number of hydrogen-bond donors (Lipinski definition) is 1. The zero-order chi connectivity index (χ0) is 10.5. The molecule has 0 amide bonds. The van der Waals surface area contributed by atoms with E-state index in [9.17, 15) is 0 Å². The number of unbranched alkanes of at least 4 members (excludes halogenated alkanes) is 7. The van der Waals surface area contributed by atoms with Gasteiger partial charge in [-0.15, -0.1) is 0 Å². The van der Waals surface area contributed by atoms with Gasteiger partial charge >= 0.3 is 0 Å². The second-order valence-corrected chi connectivity index (χ2v) is 3.88. The van der Waals surface area contributed by atoms with Gasteiger partial charge in [0.05, 0.1) is 13.2 Å². The number of ether oxygens (including phenoxy) is 1. The lowest BCUT2D eigenvalue weighted by atomic mass is 10.1. The van der Waals surface area contributed by atoms with E-state index < -0.39 is 0 Å². The van der Waals surface area contributed by atoms with Gasteiger partial charge in [-0.1, -0.05) is 51.9 Å². The Morgan fingerprint density at radius 3 is 1.64 bits per heavy atom. The molecule has 0 radical (unpaired) electrons. The Labute approximate surface area is 89.2 Å². The lowest BCUT2D eigenvalue weighted by Gasteiger charge is -1.99. The number of epoxide rings is 1. The topological polar surface area (TPSA) is 38.5 Å². The Balaban J connectivity index is 0.000000469. The van der Waals surface area contributed by atoms with E-state index >= 15 is 0 Å². The molecule has 0 aliphatic carbocycles. The molecule has 1 rings (SSSR count). The third-order valence-corrected chi connectivity index (χ3v) is 2.26. The van der Waals surface area contributed by atoms with Crippen LogP contribution in [0.5, 0.6) is 0 Å². The molecule has 2 nitrogen and oxygen atoms in total. The molecule has 1 heterocycles. The lowest BCUT2D eigenvalue weighted by Crippen LogP contribution is -1.97. The van der Waals surface area contributed by atoms with Crippen molar-refractivity contribution in [2.24, 2.45) is 5.73 Å². The molecule has 0 aromatic rings. The van der Waals surface area contributed by atoms with Gasteiger partial charge in [0.1, 0.15) is 0 Å². The van der Waals surface area contributed by atoms with Gasteiger partial charge in [-0.25, -0.2) is 0 Å². The first-order valence-electron chi connectivity index (χ1n) is 6.19. The van der Waals surface area contributed by atoms with Gasteiger partial charge in [0.25, 0.3) is 0 Å². The van der Waals surface area contributed by atoms with Crippen LogP contribution < -0.4 is 5.73 Å². The molecule has 0 spiro atoms. The molecule has 1 fully saturated rings. The van der Waals surface area contributed by atoms with Crippen LogP contribution in [-0.2, 0) is 4.74 Å². The molecule has 0 aromatic heterocycles. The minimum atomic E-state index is 0.870. The molecule has 0 unspecified atom stereocenters. The van der Waals surface area contributed by atoms with E-state index in [-0.39, 0.29) is 0 Å². The predicted molar refractivity (Wildman–Crippen MR) is 62.5 cm³/mol. The Kier molecular flexibility index (Phi) is 12.8. The molecule has 1 aliphatic rings. The summed E-state index contributed by atoms with van der Waals surface area (Å²) in [6.45, 7) is 5.13. The summed E-state index contributed by atoms with van der Waals surface area (Å²) in [4.78, 5) is 0. The van der Waals surface area contributed by atoms with E-state index in [4.69, 9.17) is 5.73 Å². The Morgan fingerprint density at radius 1 is 0.857 bits per heavy atom. The largest absolute Gasteiger partial charge is 0.377 e. The normalized spacial score (nSPS) is 13.3. The maximum atomic E-state index is 5.39. The minimum absolute atomic E-state index is 0.870. The van der Waals surface area contributed by atoms with Crippen LogP contribution in [-0.4, -0.2) is 19.8 Å². The predicted octanol–water partition coefficient (Wildman–Crippen LogP) is 3.10. The van der Waals surface area contributed by atoms with Crippen molar-refractivity contribution in [1.29, 1.82) is 0 Å². The molecule has 86 valence electrons. The molecular formula is C12H27NO. The molecule has 0 aromatic carbocycles. The van der Waals surface area contributed by atoms with Crippen molar-refractivity contribution >= 4 is 0 Å². The van der Waals surface area contributed by atoms with Crippen molar-refractivity contribution in [2.45, 2.75) is 58.3 Å². The van der Waals surface area contributed by atoms with Crippen molar-refractivity contribution in [3.05, 3.63) is 0 Å². The Hall–Kier alpha value is -0.0800. The van der Waals surface area contributed by atoms with Crippen LogP contribution in [0.1, 0.15) is 58.3 Å². The standard InChI is InChI=1S/C10H23N.C2H4O/c1-2-3-4-5-6-7-8-9-10-11;1-2-3-1/h2-11H2,1H3;1-2H2. The molecule has 0 bridgehead atoms. The fraction of sp³-hybridized carbons (Fsp3) is 1.00. The smallest absolute Gasteiger partial charge is 0.0701 e. The van der Waals surface area contributed by atoms with E-state index in [1.54, 1.807) is 0 Å². The third-order valence-electron chi connectivity index (χ3n) is 2.26. The van der Waals surface area contributed by atoms with Gasteiger partial charge < -0.3 is 10.5 Å². The van der Waals surface area contributed by atoms with Crippen molar-refractivity contribution in [2.75, 3.05) is 19.8 Å². The molecular weight excluding hydrogens is 174 g/mol. The maximum Gasteiger partial charge on any atom is 0.0701 e. The van der Waals surface area contributed by atoms with Gasteiger partial charge in [-0.2, -0.15) is 0 Å². The summed E-state index contributed by atoms with van der Waals surface area (Å²) in [5.41, 5.74) is 5.39. The van der Waals surface area contributed by atoms with E-state index in [2.05, 4.69) is 11.7 Å². The van der Waals surface area contributed by atoms with Gasteiger partial charge in [-0.05, 0) is 13.0 Å². The molecule has 2 N–H and O–H groups in total. The summed E-state index contributed by atoms with van der Waals surface area (Å²) in [5.74, 6) is 0. The van der Waals surface area contributed by atoms with Crippen LogP contribution in [0.25, 0.3) is 0 Å². The highest BCUT2D eigenvalue weighted by atomic mass is 16.6. The Bertz CT molecular complexity index is 83.6. The van der Waals surface area contributed by atoms with E-state index in [1.807, 2.05) is 0 Å². The highest BCUT2D eigenvalue weighted by molar-refractivity contribution is 4.45. The lowest BCUT2D eigenvalue weighted by molar-refractivity contribution is 0.475. The summed E-state index contributed by atoms with van der Waals surface area (Å²) < 4.78 is 4.50. The summed E-state index contributed by atoms with van der Waals surface area (Å²) >= 11 is 0. The van der Waals surface area contributed by atoms with Gasteiger partial charge in [0.15, 0.2) is 0 Å². The van der Waals surface area contributed by atoms with Crippen LogP contribution in [0.15, 0.2) is 0 Å². The first-order valence-corrected chi connectivity index (χ1v) is 6.19. The first kappa shape index (κ1) is 13.9. The summed E-state index contributed by atoms with van der Waals surface area (Å²) in [6, 6.07) is 0. The van der Waals surface area contributed by atoms with E-state index in [0.717, 1.165) is 19.8 Å². The average molecular weight is 201 g/mol. The molecule has 1 saturated heterocycles. The van der Waals surface area contributed by atoms with Crippen molar-refractivity contribution in [3.8, 4) is 0 Å². The summed E-state index contributed by atoms with van der Waals surface area (Å²) in [6.07, 6.45) is 11.0. The van der Waals surface area contributed by atoms with Gasteiger partial charge in [0, 0.05) is 0 Å². The highest BCUT2D eigenvalue weighted by Crippen LogP contribution is 2.07. The van der Waals surface area contributed by atoms with Crippen LogP contribution >= 0.6 is 0 Å². The third kappa shape index (κ3) is 17.9. The number of nitrogens with two attached hydrogens (primary N) is 1. The average Bonchev–Trinajstić information content (AvgIpc) is 3.03. The Morgan fingerprint density at radius 2 is 1.29 bits per heavy atom. The van der Waals surface area contributed by atoms with E-state index in [0.29, 0.717) is 0 Å². The second kappa shape index (κ2) is 12.9. The van der Waals surface area contributed by atoms with Crippen molar-refractivity contribution < 1.29 is 4.74 Å². The van der Waals surface area contributed by atoms with Crippen molar-refractivity contribution in [3.63, 3.8) is 0 Å². The number of rotatable bonds is 8. The monoisotopic (exact) mass is 201 g/mol. The van der Waals surface area contributed by atoms with Gasteiger partial charge in [-0.3, -0.25) is 0 Å². The number of hydrogen-bond acceptors (Lipinski definition) is 2. The van der Waals surface area contributed by atoms with Crippen LogP contribution in [0.3, 0.4) is 0 Å². The highest BCUT2D eigenvalue weighted by Gasteiger charge is 1.94. The van der Waals surface area contributed by atoms with Gasteiger partial charge in [0.2, 0.25) is 0 Å². The fourth-order valence-corrected chi connectivity index (χ4v) is 1.28. The molecule has 14 heavy (non-hydrogen) atoms. The zero-order valence-corrected chi connectivity index (χ0v) is 9.76. The first-order chi connectivity index (χ1) is 6.91. The summed E-state index contributed by atoms with van der Waals surface area (Å²) in [7, 11) is 0. The molecule has 2 heteroatoms. The van der Waals surface area contributed by atoms with Crippen molar-refractivity contribution in [1.82, 2.24) is 0 Å². The molecule has 0 atom stereocenters. The fourth-order valence-electron chi connectivity index (χ4n) is 1.28. The van der Waals surface area contributed by atoms with E-state index in [1.165, 1.54) is 51.4 Å². The van der Waals surface area contributed by atoms with Crippen LogP contribution in [0, 0.1) is 0 Å². The molecule has 0 saturated carbocycles.